The molecule has 1 aliphatic heterocycles. The van der Waals surface area contributed by atoms with Gasteiger partial charge >= 0.3 is 0 Å². The largest absolute Gasteiger partial charge is 0.377 e. The van der Waals surface area contributed by atoms with Crippen molar-refractivity contribution >= 4 is 0 Å². The molecule has 138 valence electrons. The summed E-state index contributed by atoms with van der Waals surface area (Å²) < 4.78 is 27.8. The molecule has 1 fully saturated rings. The molecular formula is C16H36N2O5+2. The van der Waals surface area contributed by atoms with Gasteiger partial charge in [-0.05, 0) is 0 Å². The lowest BCUT2D eigenvalue weighted by atomic mass is 10.5. The molecule has 0 aromatic heterocycles. The van der Waals surface area contributed by atoms with Crippen LogP contribution in [0.3, 0.4) is 0 Å². The first kappa shape index (κ1) is 20.8. The second kappa shape index (κ2) is 15.3. The van der Waals surface area contributed by atoms with Crippen LogP contribution in [0.5, 0.6) is 0 Å². The van der Waals surface area contributed by atoms with Gasteiger partial charge in [0.25, 0.3) is 0 Å². The van der Waals surface area contributed by atoms with Crippen LogP contribution in [-0.2, 0) is 23.7 Å². The molecule has 7 nitrogen and oxygen atoms in total. The Bertz CT molecular complexity index is 235. The maximum absolute atomic E-state index is 5.60. The van der Waals surface area contributed by atoms with Gasteiger partial charge in [0.2, 0.25) is 0 Å². The van der Waals surface area contributed by atoms with Gasteiger partial charge in [0.15, 0.2) is 0 Å². The summed E-state index contributed by atoms with van der Waals surface area (Å²) in [6.45, 7) is 10.9. The second-order valence-corrected chi connectivity index (χ2v) is 5.98. The topological polar surface area (TPSA) is 55.0 Å². The van der Waals surface area contributed by atoms with Crippen LogP contribution in [0.15, 0.2) is 0 Å². The monoisotopic (exact) mass is 336 g/mol. The second-order valence-electron chi connectivity index (χ2n) is 5.98. The van der Waals surface area contributed by atoms with Gasteiger partial charge in [0.1, 0.15) is 26.2 Å². The quantitative estimate of drug-likeness (QED) is 0.498. The molecule has 1 saturated heterocycles. The first-order valence-electron chi connectivity index (χ1n) is 8.80. The summed E-state index contributed by atoms with van der Waals surface area (Å²) in [6, 6.07) is 0. The van der Waals surface area contributed by atoms with Crippen LogP contribution in [0.4, 0.5) is 0 Å². The van der Waals surface area contributed by atoms with Gasteiger partial charge in [-0.15, -0.1) is 0 Å². The summed E-state index contributed by atoms with van der Waals surface area (Å²) in [6.07, 6.45) is 0. The van der Waals surface area contributed by atoms with Gasteiger partial charge in [0.05, 0.1) is 80.2 Å². The van der Waals surface area contributed by atoms with E-state index in [0.717, 1.165) is 52.6 Å². The summed E-state index contributed by atoms with van der Waals surface area (Å²) in [4.78, 5) is 2.83. The molecule has 2 N–H and O–H groups in total. The van der Waals surface area contributed by atoms with Crippen LogP contribution in [0.1, 0.15) is 0 Å². The van der Waals surface area contributed by atoms with E-state index in [1.807, 2.05) is 0 Å². The smallest absolute Gasteiger partial charge is 0.101 e. The highest BCUT2D eigenvalue weighted by Crippen LogP contribution is 1.81. The van der Waals surface area contributed by atoms with Crippen molar-refractivity contribution in [1.82, 2.24) is 0 Å². The molecule has 2 atom stereocenters. The Kier molecular flexibility index (Phi) is 13.8. The summed E-state index contributed by atoms with van der Waals surface area (Å²) in [5.41, 5.74) is 0. The van der Waals surface area contributed by atoms with Crippen molar-refractivity contribution in [3.8, 4) is 0 Å². The maximum Gasteiger partial charge on any atom is 0.101 e. The van der Waals surface area contributed by atoms with E-state index in [1.54, 1.807) is 0 Å². The highest BCUT2D eigenvalue weighted by Gasteiger charge is 2.04. The average Bonchev–Trinajstić information content (AvgIpc) is 2.54. The van der Waals surface area contributed by atoms with Gasteiger partial charge in [-0.1, -0.05) is 0 Å². The van der Waals surface area contributed by atoms with E-state index in [-0.39, 0.29) is 0 Å². The number of hydrogen-bond acceptors (Lipinski definition) is 5. The highest BCUT2D eigenvalue weighted by atomic mass is 16.5. The Labute approximate surface area is 140 Å². The normalized spacial score (nSPS) is 29.5. The van der Waals surface area contributed by atoms with Crippen LogP contribution in [0.2, 0.25) is 0 Å². The first-order valence-corrected chi connectivity index (χ1v) is 8.80. The summed E-state index contributed by atoms with van der Waals surface area (Å²) in [5, 5.41) is 0. The zero-order valence-corrected chi connectivity index (χ0v) is 14.9. The molecular weight excluding hydrogens is 300 g/mol. The van der Waals surface area contributed by atoms with E-state index in [9.17, 15) is 0 Å². The number of hydrogen-bond donors (Lipinski definition) is 2. The van der Waals surface area contributed by atoms with Crippen molar-refractivity contribution in [2.75, 3.05) is 106 Å². The average molecular weight is 336 g/mol. The Morgan fingerprint density at radius 2 is 0.609 bits per heavy atom. The Hall–Kier alpha value is -0.280. The van der Waals surface area contributed by atoms with Gasteiger partial charge in [-0.2, -0.15) is 0 Å². The van der Waals surface area contributed by atoms with Crippen LogP contribution >= 0.6 is 0 Å². The van der Waals surface area contributed by atoms with E-state index in [0.29, 0.717) is 39.6 Å². The number of quaternary nitrogens is 2. The molecule has 0 amide bonds. The summed E-state index contributed by atoms with van der Waals surface area (Å²) in [7, 11) is 4.32. The molecule has 1 rings (SSSR count). The molecule has 0 saturated carbocycles. The van der Waals surface area contributed by atoms with Crippen LogP contribution in [0.25, 0.3) is 0 Å². The minimum absolute atomic E-state index is 0.633. The molecule has 0 radical (unpaired) electrons. The van der Waals surface area contributed by atoms with E-state index >= 15 is 0 Å². The molecule has 0 bridgehead atoms. The van der Waals surface area contributed by atoms with E-state index < -0.39 is 0 Å². The van der Waals surface area contributed by atoms with Crippen LogP contribution in [-0.4, -0.2) is 106 Å². The van der Waals surface area contributed by atoms with Crippen LogP contribution in [0, 0.1) is 0 Å². The number of nitrogens with one attached hydrogen (secondary N) is 2. The van der Waals surface area contributed by atoms with Crippen molar-refractivity contribution in [3.05, 3.63) is 0 Å². The standard InChI is InChI=1S/C16H34N2O5/c1-17-3-7-19-11-12-20-8-4-18(2)6-10-22-14-16-23-15-13-21-9-5-17/h3-16H2,1-2H3/p+2. The molecule has 1 heterocycles. The summed E-state index contributed by atoms with van der Waals surface area (Å²) >= 11 is 0. The number of likely N-dealkylation sites (N-methyl/N-ethyl adjacent to an activating group) is 2. The van der Waals surface area contributed by atoms with E-state index in [2.05, 4.69) is 14.1 Å². The summed E-state index contributed by atoms with van der Waals surface area (Å²) in [5.74, 6) is 0. The first-order chi connectivity index (χ1) is 11.3. The lowest BCUT2D eigenvalue weighted by Gasteiger charge is -2.15. The highest BCUT2D eigenvalue weighted by molar-refractivity contribution is 4.36. The number of rotatable bonds is 0. The maximum atomic E-state index is 5.60. The molecule has 0 aromatic rings. The fourth-order valence-electron chi connectivity index (χ4n) is 2.10. The van der Waals surface area contributed by atoms with Gasteiger partial charge in [0, 0.05) is 0 Å². The zero-order chi connectivity index (χ0) is 16.6. The molecule has 0 spiro atoms. The van der Waals surface area contributed by atoms with Crippen molar-refractivity contribution in [1.29, 1.82) is 0 Å². The number of ether oxygens (including phenoxy) is 5. The third kappa shape index (κ3) is 13.8. The minimum atomic E-state index is 0.633. The van der Waals surface area contributed by atoms with Gasteiger partial charge < -0.3 is 33.5 Å². The molecule has 0 aromatic carbocycles. The predicted molar refractivity (Wildman–Crippen MR) is 87.3 cm³/mol. The zero-order valence-electron chi connectivity index (χ0n) is 14.9. The van der Waals surface area contributed by atoms with Gasteiger partial charge in [-0.25, -0.2) is 0 Å². The third-order valence-corrected chi connectivity index (χ3v) is 3.81. The fourth-order valence-corrected chi connectivity index (χ4v) is 2.10. The van der Waals surface area contributed by atoms with Crippen molar-refractivity contribution < 1.29 is 33.5 Å². The lowest BCUT2D eigenvalue weighted by molar-refractivity contribution is -0.880. The van der Waals surface area contributed by atoms with E-state index in [4.69, 9.17) is 23.7 Å². The Morgan fingerprint density at radius 3 is 0.870 bits per heavy atom. The Morgan fingerprint density at radius 1 is 0.391 bits per heavy atom. The fraction of sp³-hybridized carbons (Fsp3) is 1.00. The molecule has 2 unspecified atom stereocenters. The predicted octanol–water partition coefficient (Wildman–Crippen LogP) is -2.89. The molecule has 23 heavy (non-hydrogen) atoms. The molecule has 1 aliphatic rings. The van der Waals surface area contributed by atoms with Crippen molar-refractivity contribution in [2.24, 2.45) is 0 Å². The van der Waals surface area contributed by atoms with Gasteiger partial charge in [-0.3, -0.25) is 0 Å². The molecule has 0 aliphatic carbocycles. The SMILES string of the molecule is C[NH+]1CCOCCOCCOCC[NH+](C)CCOCCOCC1. The van der Waals surface area contributed by atoms with Crippen molar-refractivity contribution in [2.45, 2.75) is 0 Å². The van der Waals surface area contributed by atoms with Crippen molar-refractivity contribution in [3.63, 3.8) is 0 Å². The molecule has 7 heteroatoms. The van der Waals surface area contributed by atoms with E-state index in [1.165, 1.54) is 9.80 Å². The minimum Gasteiger partial charge on any atom is -0.377 e. The Balaban J connectivity index is 2.15. The third-order valence-electron chi connectivity index (χ3n) is 3.81. The lowest BCUT2D eigenvalue weighted by Crippen LogP contribution is -3.10. The van der Waals surface area contributed by atoms with Crippen LogP contribution < -0.4 is 9.80 Å².